The molecule has 1 amide bonds. The molecule has 1 heterocycles. The summed E-state index contributed by atoms with van der Waals surface area (Å²) in [6.07, 6.45) is 0.716. The summed E-state index contributed by atoms with van der Waals surface area (Å²) in [4.78, 5) is 11.9. The zero-order valence-corrected chi connectivity index (χ0v) is 12.2. The summed E-state index contributed by atoms with van der Waals surface area (Å²) >= 11 is 5.09. The van der Waals surface area contributed by atoms with Gasteiger partial charge in [0.1, 0.15) is 17.4 Å². The molecule has 0 saturated heterocycles. The Hall–Kier alpha value is -2.22. The molecule has 0 atom stereocenters. The van der Waals surface area contributed by atoms with Crippen LogP contribution in [-0.2, 0) is 13.0 Å². The van der Waals surface area contributed by atoms with Crippen molar-refractivity contribution in [3.05, 3.63) is 40.2 Å². The van der Waals surface area contributed by atoms with Crippen molar-refractivity contribution in [3.63, 3.8) is 0 Å². The van der Waals surface area contributed by atoms with Gasteiger partial charge in [-0.05, 0) is 24.4 Å². The van der Waals surface area contributed by atoms with Crippen LogP contribution < -0.4 is 5.32 Å². The van der Waals surface area contributed by atoms with E-state index in [1.165, 1.54) is 12.1 Å². The van der Waals surface area contributed by atoms with Crippen LogP contribution in [0.1, 0.15) is 23.1 Å². The van der Waals surface area contributed by atoms with Crippen molar-refractivity contribution in [1.82, 2.24) is 20.1 Å². The first-order valence-electron chi connectivity index (χ1n) is 6.43. The van der Waals surface area contributed by atoms with E-state index in [1.54, 1.807) is 4.57 Å². The number of H-pyrrole nitrogens is 1. The Morgan fingerprint density at radius 2 is 2.33 bits per heavy atom. The zero-order chi connectivity index (χ0) is 15.4. The van der Waals surface area contributed by atoms with Crippen molar-refractivity contribution in [3.8, 4) is 5.75 Å². The third kappa shape index (κ3) is 3.46. The molecule has 0 aliphatic rings. The number of phenolic OH excluding ortho intramolecular Hbond substituents is 1. The maximum atomic E-state index is 13.5. The highest BCUT2D eigenvalue weighted by atomic mass is 32.1. The second-order valence-corrected chi connectivity index (χ2v) is 4.76. The van der Waals surface area contributed by atoms with Crippen LogP contribution in [0.4, 0.5) is 4.39 Å². The molecule has 2 aromatic rings. The molecule has 3 N–H and O–H groups in total. The lowest BCUT2D eigenvalue weighted by molar-refractivity contribution is 0.0948. The first kappa shape index (κ1) is 15.2. The minimum Gasteiger partial charge on any atom is -0.508 e. The number of phenols is 1. The molecule has 112 valence electrons. The molecule has 1 aromatic carbocycles. The van der Waals surface area contributed by atoms with E-state index in [4.69, 9.17) is 17.3 Å². The molecular weight excluding hydrogens is 295 g/mol. The number of amides is 1. The van der Waals surface area contributed by atoms with Gasteiger partial charge < -0.3 is 15.0 Å². The molecule has 1 aromatic heterocycles. The summed E-state index contributed by atoms with van der Waals surface area (Å²) in [5.74, 6) is -0.728. The van der Waals surface area contributed by atoms with E-state index in [9.17, 15) is 9.18 Å². The van der Waals surface area contributed by atoms with Gasteiger partial charge in [-0.2, -0.15) is 5.10 Å². The summed E-state index contributed by atoms with van der Waals surface area (Å²) in [5, 5.41) is 18.5. The van der Waals surface area contributed by atoms with Gasteiger partial charge >= 0.3 is 0 Å². The third-order valence-electron chi connectivity index (χ3n) is 2.97. The molecule has 0 spiro atoms. The molecule has 21 heavy (non-hydrogen) atoms. The smallest absolute Gasteiger partial charge is 0.254 e. The first-order chi connectivity index (χ1) is 10.0. The molecule has 0 radical (unpaired) electrons. The Labute approximate surface area is 125 Å². The largest absolute Gasteiger partial charge is 0.508 e. The fraction of sp³-hybridized carbons (Fsp3) is 0.308. The number of carbonyl (C=O) groups is 1. The average Bonchev–Trinajstić information content (AvgIpc) is 2.79. The highest BCUT2D eigenvalue weighted by molar-refractivity contribution is 7.71. The highest BCUT2D eigenvalue weighted by Gasteiger charge is 2.12. The van der Waals surface area contributed by atoms with Crippen LogP contribution in [0.3, 0.4) is 0 Å². The average molecular weight is 310 g/mol. The first-order valence-corrected chi connectivity index (χ1v) is 6.84. The molecule has 2 rings (SSSR count). The van der Waals surface area contributed by atoms with Crippen LogP contribution >= 0.6 is 12.2 Å². The van der Waals surface area contributed by atoms with Gasteiger partial charge in [-0.3, -0.25) is 9.89 Å². The van der Waals surface area contributed by atoms with E-state index < -0.39 is 11.7 Å². The molecule has 0 unspecified atom stereocenters. The second kappa shape index (κ2) is 6.49. The van der Waals surface area contributed by atoms with E-state index in [0.29, 0.717) is 24.3 Å². The van der Waals surface area contributed by atoms with Crippen molar-refractivity contribution in [2.45, 2.75) is 19.9 Å². The Bertz CT molecular complexity index is 710. The van der Waals surface area contributed by atoms with Crippen molar-refractivity contribution < 1.29 is 14.3 Å². The SMILES string of the molecule is CCc1n[nH]c(=S)n1CCNC(=O)c1ccc(O)cc1F. The number of halogens is 1. The summed E-state index contributed by atoms with van der Waals surface area (Å²) in [6, 6.07) is 3.40. The van der Waals surface area contributed by atoms with Gasteiger partial charge in [0.05, 0.1) is 5.56 Å². The lowest BCUT2D eigenvalue weighted by atomic mass is 10.2. The summed E-state index contributed by atoms with van der Waals surface area (Å²) in [7, 11) is 0. The number of benzene rings is 1. The molecule has 0 fully saturated rings. The van der Waals surface area contributed by atoms with Crippen LogP contribution in [0.15, 0.2) is 18.2 Å². The minimum atomic E-state index is -0.762. The number of nitrogens with one attached hydrogen (secondary N) is 2. The van der Waals surface area contributed by atoms with Gasteiger partial charge in [0.2, 0.25) is 0 Å². The topological polar surface area (TPSA) is 82.9 Å². The molecule has 0 aliphatic heterocycles. The van der Waals surface area contributed by atoms with E-state index in [0.717, 1.165) is 11.9 Å². The van der Waals surface area contributed by atoms with E-state index in [2.05, 4.69) is 15.5 Å². The number of carbonyl (C=O) groups excluding carboxylic acids is 1. The summed E-state index contributed by atoms with van der Waals surface area (Å²) in [6.45, 7) is 2.69. The molecular formula is C13H15FN4O2S. The Morgan fingerprint density at radius 3 is 3.00 bits per heavy atom. The number of aromatic amines is 1. The fourth-order valence-corrected chi connectivity index (χ4v) is 2.16. The number of aryl methyl sites for hydroxylation is 1. The zero-order valence-electron chi connectivity index (χ0n) is 11.4. The predicted molar refractivity (Wildman–Crippen MR) is 77.2 cm³/mol. The number of hydrogen-bond donors (Lipinski definition) is 3. The van der Waals surface area contributed by atoms with Crippen LogP contribution in [0.2, 0.25) is 0 Å². The van der Waals surface area contributed by atoms with E-state index in [-0.39, 0.29) is 11.3 Å². The number of aromatic hydroxyl groups is 1. The van der Waals surface area contributed by atoms with Crippen LogP contribution in [0.25, 0.3) is 0 Å². The number of hydrogen-bond acceptors (Lipinski definition) is 4. The minimum absolute atomic E-state index is 0.112. The monoisotopic (exact) mass is 310 g/mol. The third-order valence-corrected chi connectivity index (χ3v) is 3.28. The van der Waals surface area contributed by atoms with Crippen LogP contribution in [0, 0.1) is 10.6 Å². The molecule has 0 saturated carbocycles. The van der Waals surface area contributed by atoms with Gasteiger partial charge in [-0.25, -0.2) is 4.39 Å². The van der Waals surface area contributed by atoms with Crippen molar-refractivity contribution in [1.29, 1.82) is 0 Å². The van der Waals surface area contributed by atoms with Gasteiger partial charge in [0.25, 0.3) is 5.91 Å². The number of rotatable bonds is 5. The summed E-state index contributed by atoms with van der Waals surface area (Å²) in [5.41, 5.74) is -0.112. The Balaban J connectivity index is 1.98. The van der Waals surface area contributed by atoms with Crippen molar-refractivity contribution >= 4 is 18.1 Å². The quantitative estimate of drug-likeness (QED) is 0.735. The van der Waals surface area contributed by atoms with E-state index >= 15 is 0 Å². The van der Waals surface area contributed by atoms with Crippen molar-refractivity contribution in [2.75, 3.05) is 6.54 Å². The van der Waals surface area contributed by atoms with Gasteiger partial charge in [-0.1, -0.05) is 6.92 Å². The molecule has 8 heteroatoms. The van der Waals surface area contributed by atoms with Gasteiger partial charge in [0, 0.05) is 25.6 Å². The lowest BCUT2D eigenvalue weighted by Gasteiger charge is -2.08. The normalized spacial score (nSPS) is 10.6. The maximum Gasteiger partial charge on any atom is 0.254 e. The maximum absolute atomic E-state index is 13.5. The predicted octanol–water partition coefficient (Wildman–Crippen LogP) is 1.78. The highest BCUT2D eigenvalue weighted by Crippen LogP contribution is 2.14. The Kier molecular flexibility index (Phi) is 4.69. The van der Waals surface area contributed by atoms with Gasteiger partial charge in [0.15, 0.2) is 4.77 Å². The lowest BCUT2D eigenvalue weighted by Crippen LogP contribution is -2.28. The number of nitrogens with zero attached hydrogens (tertiary/aromatic N) is 2. The van der Waals surface area contributed by atoms with Gasteiger partial charge in [-0.15, -0.1) is 0 Å². The number of aromatic nitrogens is 3. The second-order valence-electron chi connectivity index (χ2n) is 4.37. The summed E-state index contributed by atoms with van der Waals surface area (Å²) < 4.78 is 15.8. The fourth-order valence-electron chi connectivity index (χ4n) is 1.92. The molecule has 6 nitrogen and oxygen atoms in total. The standard InChI is InChI=1S/C13H15FN4O2S/c1-2-11-16-17-13(21)18(11)6-5-15-12(20)9-4-3-8(19)7-10(9)14/h3-4,7,19H,2,5-6H2,1H3,(H,15,20)(H,17,21). The Morgan fingerprint density at radius 1 is 1.57 bits per heavy atom. The molecule has 0 bridgehead atoms. The van der Waals surface area contributed by atoms with Crippen LogP contribution in [0.5, 0.6) is 5.75 Å². The van der Waals surface area contributed by atoms with Crippen LogP contribution in [-0.4, -0.2) is 32.3 Å². The molecule has 0 aliphatic carbocycles. The van der Waals surface area contributed by atoms with E-state index in [1.807, 2.05) is 6.92 Å². The van der Waals surface area contributed by atoms with Crippen molar-refractivity contribution in [2.24, 2.45) is 0 Å².